The molecule has 3 aromatic carbocycles. The summed E-state index contributed by atoms with van der Waals surface area (Å²) in [5.41, 5.74) is 2.14. The van der Waals surface area contributed by atoms with E-state index in [1.807, 2.05) is 60.7 Å². The molecule has 1 amide bonds. The van der Waals surface area contributed by atoms with E-state index < -0.39 is 11.7 Å². The van der Waals surface area contributed by atoms with Gasteiger partial charge >= 0.3 is 0 Å². The quantitative estimate of drug-likeness (QED) is 0.691. The summed E-state index contributed by atoms with van der Waals surface area (Å²) < 4.78 is 13.2. The van der Waals surface area contributed by atoms with Crippen LogP contribution in [0.5, 0.6) is 0 Å². The predicted octanol–water partition coefficient (Wildman–Crippen LogP) is 5.25. The number of hydrogen-bond donors (Lipinski definition) is 1. The van der Waals surface area contributed by atoms with E-state index in [2.05, 4.69) is 5.32 Å². The lowest BCUT2D eigenvalue weighted by atomic mass is 9.90. The third-order valence-corrected chi connectivity index (χ3v) is 4.03. The van der Waals surface area contributed by atoms with Gasteiger partial charge in [0.25, 0.3) is 0 Å². The fraction of sp³-hybridized carbons (Fsp3) is 0.0500. The minimum absolute atomic E-state index is 0.170. The minimum Gasteiger partial charge on any atom is -0.324 e. The number of hydrogen-bond acceptors (Lipinski definition) is 1. The van der Waals surface area contributed by atoms with Crippen molar-refractivity contribution in [2.24, 2.45) is 0 Å². The highest BCUT2D eigenvalue weighted by molar-refractivity contribution is 6.33. The standard InChI is InChI=1S/C20H15ClFNO/c21-17-13-16(22)11-12-18(17)23-20(24)19(14-7-3-1-4-8-14)15-9-5-2-6-10-15/h1-13,19H,(H,23,24). The predicted molar refractivity (Wildman–Crippen MR) is 94.8 cm³/mol. The van der Waals surface area contributed by atoms with Gasteiger partial charge in [-0.3, -0.25) is 4.79 Å². The smallest absolute Gasteiger partial charge is 0.236 e. The first-order valence-corrected chi connectivity index (χ1v) is 7.89. The molecule has 1 N–H and O–H groups in total. The summed E-state index contributed by atoms with van der Waals surface area (Å²) in [6, 6.07) is 22.9. The average molecular weight is 340 g/mol. The van der Waals surface area contributed by atoms with E-state index >= 15 is 0 Å². The van der Waals surface area contributed by atoms with E-state index in [1.165, 1.54) is 18.2 Å². The summed E-state index contributed by atoms with van der Waals surface area (Å²) >= 11 is 6.02. The Hall–Kier alpha value is -2.65. The molecule has 120 valence electrons. The molecule has 24 heavy (non-hydrogen) atoms. The molecule has 0 saturated carbocycles. The van der Waals surface area contributed by atoms with Crippen LogP contribution in [0.1, 0.15) is 17.0 Å². The molecule has 2 nitrogen and oxygen atoms in total. The third kappa shape index (κ3) is 3.63. The maximum atomic E-state index is 13.2. The van der Waals surface area contributed by atoms with Gasteiger partial charge in [-0.25, -0.2) is 4.39 Å². The van der Waals surface area contributed by atoms with Gasteiger partial charge in [-0.2, -0.15) is 0 Å². The average Bonchev–Trinajstić information content (AvgIpc) is 2.60. The molecule has 3 aromatic rings. The zero-order chi connectivity index (χ0) is 16.9. The Morgan fingerprint density at radius 1 is 0.875 bits per heavy atom. The molecule has 0 aromatic heterocycles. The van der Waals surface area contributed by atoms with Crippen molar-refractivity contribution in [3.05, 3.63) is 101 Å². The summed E-state index contributed by atoms with van der Waals surface area (Å²) in [6.45, 7) is 0. The molecule has 0 aliphatic rings. The Labute approximate surface area is 144 Å². The van der Waals surface area contributed by atoms with Crippen LogP contribution in [0.2, 0.25) is 5.02 Å². The number of nitrogens with one attached hydrogen (secondary N) is 1. The van der Waals surface area contributed by atoms with Crippen LogP contribution in [0.15, 0.2) is 78.9 Å². The summed E-state index contributed by atoms with van der Waals surface area (Å²) in [6.07, 6.45) is 0. The Bertz CT molecular complexity index is 797. The molecule has 0 radical (unpaired) electrons. The molecule has 0 spiro atoms. The van der Waals surface area contributed by atoms with Crippen molar-refractivity contribution >= 4 is 23.2 Å². The normalized spacial score (nSPS) is 10.6. The Kier molecular flexibility index (Phi) is 4.92. The molecule has 0 atom stereocenters. The van der Waals surface area contributed by atoms with Gasteiger partial charge < -0.3 is 5.32 Å². The van der Waals surface area contributed by atoms with Crippen molar-refractivity contribution < 1.29 is 9.18 Å². The maximum Gasteiger partial charge on any atom is 0.236 e. The molecule has 0 aliphatic carbocycles. The number of carbonyl (C=O) groups excluding carboxylic acids is 1. The van der Waals surface area contributed by atoms with Gasteiger partial charge in [0.2, 0.25) is 5.91 Å². The van der Waals surface area contributed by atoms with Crippen LogP contribution in [-0.4, -0.2) is 5.91 Å². The van der Waals surface area contributed by atoms with E-state index in [-0.39, 0.29) is 10.9 Å². The third-order valence-electron chi connectivity index (χ3n) is 3.72. The van der Waals surface area contributed by atoms with Crippen LogP contribution in [0.3, 0.4) is 0 Å². The second kappa shape index (κ2) is 7.28. The SMILES string of the molecule is O=C(Nc1ccc(F)cc1Cl)C(c1ccccc1)c1ccccc1. The number of benzene rings is 3. The number of amides is 1. The number of anilines is 1. The second-order valence-electron chi connectivity index (χ2n) is 5.37. The number of halogens is 2. The monoisotopic (exact) mass is 339 g/mol. The lowest BCUT2D eigenvalue weighted by molar-refractivity contribution is -0.116. The highest BCUT2D eigenvalue weighted by atomic mass is 35.5. The maximum absolute atomic E-state index is 13.2. The van der Waals surface area contributed by atoms with Crippen LogP contribution < -0.4 is 5.32 Å². The summed E-state index contributed by atoms with van der Waals surface area (Å²) in [4.78, 5) is 12.9. The van der Waals surface area contributed by atoms with Crippen molar-refractivity contribution in [1.29, 1.82) is 0 Å². The molecular weight excluding hydrogens is 325 g/mol. The van der Waals surface area contributed by atoms with E-state index in [9.17, 15) is 9.18 Å². The van der Waals surface area contributed by atoms with E-state index in [4.69, 9.17) is 11.6 Å². The molecule has 4 heteroatoms. The molecule has 0 bridgehead atoms. The van der Waals surface area contributed by atoms with Gasteiger partial charge in [-0.15, -0.1) is 0 Å². The fourth-order valence-corrected chi connectivity index (χ4v) is 2.80. The molecule has 0 heterocycles. The van der Waals surface area contributed by atoms with Crippen molar-refractivity contribution in [2.75, 3.05) is 5.32 Å². The van der Waals surface area contributed by atoms with E-state index in [0.717, 1.165) is 11.1 Å². The van der Waals surface area contributed by atoms with Crippen LogP contribution >= 0.6 is 11.6 Å². The first kappa shape index (κ1) is 16.2. The Morgan fingerprint density at radius 3 is 1.92 bits per heavy atom. The summed E-state index contributed by atoms with van der Waals surface area (Å²) in [5, 5.41) is 2.97. The van der Waals surface area contributed by atoms with Crippen molar-refractivity contribution in [3.63, 3.8) is 0 Å². The highest BCUT2D eigenvalue weighted by Crippen LogP contribution is 2.28. The molecule has 0 fully saturated rings. The molecule has 3 rings (SSSR count). The van der Waals surface area contributed by atoms with Crippen LogP contribution in [-0.2, 0) is 4.79 Å². The lowest BCUT2D eigenvalue weighted by Gasteiger charge is -2.18. The van der Waals surface area contributed by atoms with Crippen molar-refractivity contribution in [1.82, 2.24) is 0 Å². The van der Waals surface area contributed by atoms with Gasteiger partial charge in [0, 0.05) is 0 Å². The van der Waals surface area contributed by atoms with Crippen LogP contribution in [0, 0.1) is 5.82 Å². The van der Waals surface area contributed by atoms with Crippen LogP contribution in [0.4, 0.5) is 10.1 Å². The first-order valence-electron chi connectivity index (χ1n) is 7.51. The Morgan fingerprint density at radius 2 is 1.42 bits per heavy atom. The fourth-order valence-electron chi connectivity index (χ4n) is 2.58. The van der Waals surface area contributed by atoms with Gasteiger partial charge in [0.05, 0.1) is 16.6 Å². The zero-order valence-corrected chi connectivity index (χ0v) is 13.5. The van der Waals surface area contributed by atoms with Gasteiger partial charge in [0.15, 0.2) is 0 Å². The minimum atomic E-state index is -0.478. The highest BCUT2D eigenvalue weighted by Gasteiger charge is 2.23. The number of carbonyl (C=O) groups is 1. The lowest BCUT2D eigenvalue weighted by Crippen LogP contribution is -2.22. The van der Waals surface area contributed by atoms with Crippen molar-refractivity contribution in [3.8, 4) is 0 Å². The van der Waals surface area contributed by atoms with E-state index in [0.29, 0.717) is 5.69 Å². The van der Waals surface area contributed by atoms with Crippen molar-refractivity contribution in [2.45, 2.75) is 5.92 Å². The Balaban J connectivity index is 1.95. The van der Waals surface area contributed by atoms with Gasteiger partial charge in [-0.1, -0.05) is 72.3 Å². The first-order chi connectivity index (χ1) is 11.6. The summed E-state index contributed by atoms with van der Waals surface area (Å²) in [5.74, 6) is -1.14. The summed E-state index contributed by atoms with van der Waals surface area (Å²) in [7, 11) is 0. The van der Waals surface area contributed by atoms with Gasteiger partial charge in [0.1, 0.15) is 5.82 Å². The van der Waals surface area contributed by atoms with E-state index in [1.54, 1.807) is 0 Å². The second-order valence-corrected chi connectivity index (χ2v) is 5.77. The molecule has 0 saturated heterocycles. The number of rotatable bonds is 4. The van der Waals surface area contributed by atoms with Gasteiger partial charge in [-0.05, 0) is 29.3 Å². The largest absolute Gasteiger partial charge is 0.324 e. The molecule has 0 unspecified atom stereocenters. The molecule has 0 aliphatic heterocycles. The topological polar surface area (TPSA) is 29.1 Å². The molecular formula is C20H15ClFNO. The van der Waals surface area contributed by atoms with Crippen LogP contribution in [0.25, 0.3) is 0 Å². The zero-order valence-electron chi connectivity index (χ0n) is 12.7.